The molecule has 3 rings (SSSR count). The van der Waals surface area contributed by atoms with Gasteiger partial charge in [0.2, 0.25) is 0 Å². The van der Waals surface area contributed by atoms with Gasteiger partial charge in [-0.1, -0.05) is 18.2 Å². The first-order valence-corrected chi connectivity index (χ1v) is 8.38. The molecular weight excluding hydrogens is 332 g/mol. The molecule has 1 amide bonds. The summed E-state index contributed by atoms with van der Waals surface area (Å²) >= 11 is 0. The van der Waals surface area contributed by atoms with Gasteiger partial charge in [0.05, 0.1) is 16.6 Å². The maximum absolute atomic E-state index is 12.2. The summed E-state index contributed by atoms with van der Waals surface area (Å²) in [6.45, 7) is 1.16. The van der Waals surface area contributed by atoms with E-state index < -0.39 is 4.92 Å². The number of anilines is 1. The maximum Gasteiger partial charge on any atom is 0.292 e. The van der Waals surface area contributed by atoms with E-state index in [4.69, 9.17) is 5.26 Å². The Morgan fingerprint density at radius 2 is 1.88 bits per heavy atom. The summed E-state index contributed by atoms with van der Waals surface area (Å²) in [6, 6.07) is 15.5. The van der Waals surface area contributed by atoms with Crippen LogP contribution < -0.4 is 10.2 Å². The van der Waals surface area contributed by atoms with Gasteiger partial charge in [0, 0.05) is 30.8 Å². The Hall–Kier alpha value is -3.40. The van der Waals surface area contributed by atoms with E-state index in [1.165, 1.54) is 12.1 Å². The summed E-state index contributed by atoms with van der Waals surface area (Å²) in [5.41, 5.74) is 1.47. The molecule has 0 unspecified atom stereocenters. The van der Waals surface area contributed by atoms with Crippen molar-refractivity contribution in [1.29, 1.82) is 5.26 Å². The van der Waals surface area contributed by atoms with Crippen molar-refractivity contribution in [1.82, 2.24) is 5.32 Å². The molecule has 0 radical (unpaired) electrons. The van der Waals surface area contributed by atoms with Crippen molar-refractivity contribution in [3.8, 4) is 6.07 Å². The van der Waals surface area contributed by atoms with Crippen molar-refractivity contribution in [2.24, 2.45) is 0 Å². The minimum atomic E-state index is -0.431. The lowest BCUT2D eigenvalue weighted by Gasteiger charge is -2.33. The van der Waals surface area contributed by atoms with Gasteiger partial charge < -0.3 is 10.2 Å². The fourth-order valence-electron chi connectivity index (χ4n) is 3.12. The van der Waals surface area contributed by atoms with E-state index in [2.05, 4.69) is 5.32 Å². The van der Waals surface area contributed by atoms with Crippen LogP contribution in [0.25, 0.3) is 0 Å². The summed E-state index contributed by atoms with van der Waals surface area (Å²) < 4.78 is 0. The van der Waals surface area contributed by atoms with E-state index in [0.29, 0.717) is 42.7 Å². The Kier molecular flexibility index (Phi) is 5.13. The Labute approximate surface area is 151 Å². The van der Waals surface area contributed by atoms with Gasteiger partial charge in [0.15, 0.2) is 0 Å². The number of carbonyl (C=O) groups excluding carboxylic acids is 1. The van der Waals surface area contributed by atoms with Crippen molar-refractivity contribution in [2.75, 3.05) is 18.0 Å². The van der Waals surface area contributed by atoms with Crippen LogP contribution in [0.4, 0.5) is 11.4 Å². The molecule has 1 N–H and O–H groups in total. The molecule has 7 heteroatoms. The van der Waals surface area contributed by atoms with Crippen LogP contribution in [-0.4, -0.2) is 30.0 Å². The Morgan fingerprint density at radius 1 is 1.19 bits per heavy atom. The zero-order valence-electron chi connectivity index (χ0n) is 14.1. The van der Waals surface area contributed by atoms with E-state index >= 15 is 0 Å². The average Bonchev–Trinajstić information content (AvgIpc) is 2.68. The van der Waals surface area contributed by atoms with Crippen molar-refractivity contribution in [2.45, 2.75) is 18.9 Å². The molecular formula is C19H18N4O3. The van der Waals surface area contributed by atoms with E-state index in [1.807, 2.05) is 29.2 Å². The van der Waals surface area contributed by atoms with Gasteiger partial charge in [-0.2, -0.15) is 5.26 Å². The molecule has 0 aromatic heterocycles. The molecule has 132 valence electrons. The van der Waals surface area contributed by atoms with Crippen molar-refractivity contribution in [3.05, 3.63) is 69.8 Å². The van der Waals surface area contributed by atoms with Gasteiger partial charge in [-0.25, -0.2) is 0 Å². The molecule has 1 fully saturated rings. The van der Waals surface area contributed by atoms with Crippen molar-refractivity contribution in [3.63, 3.8) is 0 Å². The molecule has 0 atom stereocenters. The van der Waals surface area contributed by atoms with Crippen molar-refractivity contribution < 1.29 is 9.72 Å². The van der Waals surface area contributed by atoms with Crippen LogP contribution in [0.5, 0.6) is 0 Å². The largest absolute Gasteiger partial charge is 0.366 e. The first kappa shape index (κ1) is 17.4. The number of hydrogen-bond donors (Lipinski definition) is 1. The Bertz CT molecular complexity index is 853. The first-order valence-electron chi connectivity index (χ1n) is 8.38. The molecule has 0 bridgehead atoms. The van der Waals surface area contributed by atoms with E-state index in [1.54, 1.807) is 18.2 Å². The van der Waals surface area contributed by atoms with Crippen LogP contribution in [0, 0.1) is 21.4 Å². The summed E-state index contributed by atoms with van der Waals surface area (Å²) in [6.07, 6.45) is 1.37. The van der Waals surface area contributed by atoms with Gasteiger partial charge in [0.25, 0.3) is 11.6 Å². The number of nitrogens with zero attached hydrogens (tertiary/aromatic N) is 3. The summed E-state index contributed by atoms with van der Waals surface area (Å²) in [4.78, 5) is 25.0. The molecule has 1 saturated heterocycles. The van der Waals surface area contributed by atoms with E-state index in [-0.39, 0.29) is 17.6 Å². The third-order valence-electron chi connectivity index (χ3n) is 4.51. The maximum atomic E-state index is 12.2. The number of nitro groups is 1. The van der Waals surface area contributed by atoms with E-state index in [0.717, 1.165) is 0 Å². The second kappa shape index (κ2) is 7.66. The number of carbonyl (C=O) groups is 1. The lowest BCUT2D eigenvalue weighted by Crippen LogP contribution is -2.44. The molecule has 1 heterocycles. The van der Waals surface area contributed by atoms with Gasteiger partial charge >= 0.3 is 0 Å². The molecule has 0 saturated carbocycles. The summed E-state index contributed by atoms with van der Waals surface area (Å²) in [5.74, 6) is -0.110. The predicted octanol–water partition coefficient (Wildman–Crippen LogP) is 2.87. The summed E-state index contributed by atoms with van der Waals surface area (Å²) in [5, 5.41) is 23.3. The summed E-state index contributed by atoms with van der Waals surface area (Å²) in [7, 11) is 0. The lowest BCUT2D eigenvalue weighted by atomic mass is 10.0. The highest BCUT2D eigenvalue weighted by Crippen LogP contribution is 2.31. The highest BCUT2D eigenvalue weighted by molar-refractivity contribution is 5.94. The van der Waals surface area contributed by atoms with Crippen LogP contribution in [0.1, 0.15) is 28.8 Å². The number of piperidine rings is 1. The Morgan fingerprint density at radius 3 is 2.50 bits per heavy atom. The molecule has 1 aliphatic heterocycles. The second-order valence-corrected chi connectivity index (χ2v) is 6.17. The molecule has 26 heavy (non-hydrogen) atoms. The number of nitrogens with one attached hydrogen (secondary N) is 1. The normalized spacial score (nSPS) is 14.5. The van der Waals surface area contributed by atoms with Gasteiger partial charge in [-0.05, 0) is 37.1 Å². The SMILES string of the molecule is N#Cc1ccc([N+](=O)[O-])c(N2CCC(NC(=O)c3ccccc3)CC2)c1. The molecule has 1 aliphatic rings. The molecule has 0 aliphatic carbocycles. The molecule has 2 aromatic rings. The number of nitro benzene ring substituents is 1. The lowest BCUT2D eigenvalue weighted by molar-refractivity contribution is -0.384. The van der Waals surface area contributed by atoms with Gasteiger partial charge in [-0.15, -0.1) is 0 Å². The van der Waals surface area contributed by atoms with Gasteiger partial charge in [0.1, 0.15) is 5.69 Å². The quantitative estimate of drug-likeness (QED) is 0.675. The van der Waals surface area contributed by atoms with Crippen molar-refractivity contribution >= 4 is 17.3 Å². The van der Waals surface area contributed by atoms with Gasteiger partial charge in [-0.3, -0.25) is 14.9 Å². The van der Waals surface area contributed by atoms with Crippen LogP contribution in [0.15, 0.2) is 48.5 Å². The number of amides is 1. The highest BCUT2D eigenvalue weighted by atomic mass is 16.6. The predicted molar refractivity (Wildman–Crippen MR) is 97.0 cm³/mol. The topological polar surface area (TPSA) is 99.3 Å². The Balaban J connectivity index is 1.66. The fraction of sp³-hybridized carbons (Fsp3) is 0.263. The zero-order chi connectivity index (χ0) is 18.5. The van der Waals surface area contributed by atoms with Crippen LogP contribution >= 0.6 is 0 Å². The minimum absolute atomic E-state index is 0.00392. The van der Waals surface area contributed by atoms with Crippen LogP contribution in [0.3, 0.4) is 0 Å². The highest BCUT2D eigenvalue weighted by Gasteiger charge is 2.26. The third-order valence-corrected chi connectivity index (χ3v) is 4.51. The fourth-order valence-corrected chi connectivity index (χ4v) is 3.12. The molecule has 0 spiro atoms. The second-order valence-electron chi connectivity index (χ2n) is 6.17. The van der Waals surface area contributed by atoms with E-state index in [9.17, 15) is 14.9 Å². The number of benzene rings is 2. The first-order chi connectivity index (χ1) is 12.6. The molecule has 2 aromatic carbocycles. The average molecular weight is 350 g/mol. The smallest absolute Gasteiger partial charge is 0.292 e. The standard InChI is InChI=1S/C19H18N4O3/c20-13-14-6-7-17(23(25)26)18(12-14)22-10-8-16(9-11-22)21-19(24)15-4-2-1-3-5-15/h1-7,12,16H,8-11H2,(H,21,24). The minimum Gasteiger partial charge on any atom is -0.366 e. The van der Waals surface area contributed by atoms with Crippen LogP contribution in [0.2, 0.25) is 0 Å². The van der Waals surface area contributed by atoms with Crippen LogP contribution in [-0.2, 0) is 0 Å². The monoisotopic (exact) mass is 350 g/mol. The number of rotatable bonds is 4. The molecule has 7 nitrogen and oxygen atoms in total. The zero-order valence-corrected chi connectivity index (χ0v) is 14.1. The number of hydrogen-bond acceptors (Lipinski definition) is 5. The number of nitriles is 1. The third kappa shape index (κ3) is 3.81.